The van der Waals surface area contributed by atoms with Crippen LogP contribution in [0, 0.1) is 5.41 Å². The van der Waals surface area contributed by atoms with Crippen LogP contribution < -0.4 is 16.0 Å². The van der Waals surface area contributed by atoms with Crippen molar-refractivity contribution in [3.63, 3.8) is 0 Å². The van der Waals surface area contributed by atoms with E-state index in [-0.39, 0.29) is 18.9 Å². The first-order valence-corrected chi connectivity index (χ1v) is 6.71. The van der Waals surface area contributed by atoms with Gasteiger partial charge in [-0.25, -0.2) is 4.79 Å². The van der Waals surface area contributed by atoms with Crippen LogP contribution in [0.3, 0.4) is 0 Å². The summed E-state index contributed by atoms with van der Waals surface area (Å²) in [6.45, 7) is 5.52. The van der Waals surface area contributed by atoms with Crippen LogP contribution in [-0.4, -0.2) is 42.6 Å². The van der Waals surface area contributed by atoms with E-state index in [0.29, 0.717) is 6.42 Å². The number of urea groups is 1. The number of aliphatic carboxylic acids is 1. The van der Waals surface area contributed by atoms with Crippen LogP contribution in [0.5, 0.6) is 0 Å². The lowest BCUT2D eigenvalue weighted by molar-refractivity contribution is -0.137. The number of hydrogen-bond acceptors (Lipinski definition) is 3. The monoisotopic (exact) mass is 287 g/mol. The number of carbonyl (C=O) groups is 3. The van der Waals surface area contributed by atoms with E-state index < -0.39 is 23.5 Å². The molecule has 0 rings (SSSR count). The van der Waals surface area contributed by atoms with Gasteiger partial charge in [0.15, 0.2) is 0 Å². The first kappa shape index (κ1) is 18.2. The predicted octanol–water partition coefficient (Wildman–Crippen LogP) is 0.701. The molecular weight excluding hydrogens is 262 g/mol. The highest BCUT2D eigenvalue weighted by Gasteiger charge is 2.27. The molecule has 7 nitrogen and oxygen atoms in total. The fourth-order valence-electron chi connectivity index (χ4n) is 1.74. The summed E-state index contributed by atoms with van der Waals surface area (Å²) in [7, 11) is 1.54. The smallest absolute Gasteiger partial charge is 0.315 e. The van der Waals surface area contributed by atoms with Gasteiger partial charge in [0, 0.05) is 19.6 Å². The zero-order valence-electron chi connectivity index (χ0n) is 12.6. The minimum Gasteiger partial charge on any atom is -0.481 e. The molecule has 0 aliphatic rings. The molecule has 0 aliphatic heterocycles. The fourth-order valence-corrected chi connectivity index (χ4v) is 1.74. The summed E-state index contributed by atoms with van der Waals surface area (Å²) in [5, 5.41) is 16.5. The Morgan fingerprint density at radius 3 is 2.30 bits per heavy atom. The Morgan fingerprint density at radius 1 is 1.25 bits per heavy atom. The SMILES string of the molecule is CCCC(CC(=O)O)NC(=O)NCC(C)(C)C(=O)NC. The Labute approximate surface area is 119 Å². The Balaban J connectivity index is 4.32. The molecule has 0 aromatic carbocycles. The molecule has 0 heterocycles. The molecule has 0 aromatic heterocycles. The molecule has 7 heteroatoms. The Morgan fingerprint density at radius 2 is 1.85 bits per heavy atom. The summed E-state index contributed by atoms with van der Waals surface area (Å²) >= 11 is 0. The highest BCUT2D eigenvalue weighted by molar-refractivity contribution is 5.83. The van der Waals surface area contributed by atoms with Crippen molar-refractivity contribution >= 4 is 17.9 Å². The van der Waals surface area contributed by atoms with Crippen molar-refractivity contribution in [1.29, 1.82) is 0 Å². The van der Waals surface area contributed by atoms with E-state index in [1.807, 2.05) is 6.92 Å². The van der Waals surface area contributed by atoms with Crippen molar-refractivity contribution in [2.75, 3.05) is 13.6 Å². The van der Waals surface area contributed by atoms with E-state index in [1.54, 1.807) is 13.8 Å². The van der Waals surface area contributed by atoms with Gasteiger partial charge in [0.25, 0.3) is 0 Å². The summed E-state index contributed by atoms with van der Waals surface area (Å²) < 4.78 is 0. The van der Waals surface area contributed by atoms with Gasteiger partial charge in [-0.2, -0.15) is 0 Å². The molecule has 4 N–H and O–H groups in total. The molecular formula is C13H25N3O4. The number of hydrogen-bond donors (Lipinski definition) is 4. The molecule has 20 heavy (non-hydrogen) atoms. The zero-order chi connectivity index (χ0) is 15.8. The van der Waals surface area contributed by atoms with Gasteiger partial charge in [-0.3, -0.25) is 9.59 Å². The molecule has 116 valence electrons. The third-order valence-corrected chi connectivity index (χ3v) is 2.93. The summed E-state index contributed by atoms with van der Waals surface area (Å²) in [6.07, 6.45) is 1.26. The highest BCUT2D eigenvalue weighted by atomic mass is 16.4. The number of rotatable bonds is 8. The lowest BCUT2D eigenvalue weighted by Crippen LogP contribution is -2.49. The van der Waals surface area contributed by atoms with Gasteiger partial charge >= 0.3 is 12.0 Å². The molecule has 0 aliphatic carbocycles. The van der Waals surface area contributed by atoms with E-state index >= 15 is 0 Å². The van der Waals surface area contributed by atoms with Crippen molar-refractivity contribution < 1.29 is 19.5 Å². The Kier molecular flexibility index (Phi) is 7.64. The first-order chi connectivity index (χ1) is 9.22. The highest BCUT2D eigenvalue weighted by Crippen LogP contribution is 2.13. The van der Waals surface area contributed by atoms with Crippen molar-refractivity contribution in [3.8, 4) is 0 Å². The van der Waals surface area contributed by atoms with Crippen LogP contribution in [0.4, 0.5) is 4.79 Å². The van der Waals surface area contributed by atoms with Crippen molar-refractivity contribution in [3.05, 3.63) is 0 Å². The largest absolute Gasteiger partial charge is 0.481 e. The minimum atomic E-state index is -0.950. The summed E-state index contributed by atoms with van der Waals surface area (Å²) in [4.78, 5) is 34.0. The third kappa shape index (κ3) is 6.96. The van der Waals surface area contributed by atoms with Crippen LogP contribution in [0.15, 0.2) is 0 Å². The normalized spacial score (nSPS) is 12.4. The molecule has 3 amide bonds. The topological polar surface area (TPSA) is 108 Å². The molecule has 1 unspecified atom stereocenters. The van der Waals surface area contributed by atoms with Crippen molar-refractivity contribution in [2.24, 2.45) is 5.41 Å². The molecule has 0 bridgehead atoms. The quantitative estimate of drug-likeness (QED) is 0.527. The minimum absolute atomic E-state index is 0.111. The number of carbonyl (C=O) groups excluding carboxylic acids is 2. The first-order valence-electron chi connectivity index (χ1n) is 6.71. The summed E-state index contributed by atoms with van der Waals surface area (Å²) in [5.74, 6) is -1.12. The predicted molar refractivity (Wildman–Crippen MR) is 75.3 cm³/mol. The third-order valence-electron chi connectivity index (χ3n) is 2.93. The summed E-state index contributed by atoms with van der Waals surface area (Å²) in [6, 6.07) is -0.859. The van der Waals surface area contributed by atoms with Crippen molar-refractivity contribution in [1.82, 2.24) is 16.0 Å². The molecule has 0 spiro atoms. The number of nitrogens with one attached hydrogen (secondary N) is 3. The van der Waals surface area contributed by atoms with Crippen LogP contribution in [0.1, 0.15) is 40.0 Å². The van der Waals surface area contributed by atoms with Crippen LogP contribution >= 0.6 is 0 Å². The van der Waals surface area contributed by atoms with Gasteiger partial charge in [-0.15, -0.1) is 0 Å². The van der Waals surface area contributed by atoms with Gasteiger partial charge in [0.1, 0.15) is 0 Å². The van der Waals surface area contributed by atoms with Crippen LogP contribution in [0.2, 0.25) is 0 Å². The standard InChI is InChI=1S/C13H25N3O4/c1-5-6-9(7-10(17)18)16-12(20)15-8-13(2,3)11(19)14-4/h9H,5-8H2,1-4H3,(H,14,19)(H,17,18)(H2,15,16,20). The maximum absolute atomic E-state index is 11.7. The van der Waals surface area contributed by atoms with Gasteiger partial charge in [0.05, 0.1) is 11.8 Å². The second-order valence-electron chi connectivity index (χ2n) is 5.37. The maximum Gasteiger partial charge on any atom is 0.315 e. The Hall–Kier alpha value is -1.79. The molecule has 0 radical (unpaired) electrons. The maximum atomic E-state index is 11.7. The van der Waals surface area contributed by atoms with E-state index in [0.717, 1.165) is 6.42 Å². The summed E-state index contributed by atoms with van der Waals surface area (Å²) in [5.41, 5.74) is -0.723. The lowest BCUT2D eigenvalue weighted by Gasteiger charge is -2.24. The molecule has 0 saturated heterocycles. The average molecular weight is 287 g/mol. The lowest BCUT2D eigenvalue weighted by atomic mass is 9.92. The second kappa shape index (κ2) is 8.39. The number of carboxylic acid groups (broad SMARTS) is 1. The van der Waals surface area contributed by atoms with Crippen LogP contribution in [-0.2, 0) is 9.59 Å². The van der Waals surface area contributed by atoms with Gasteiger partial charge in [-0.1, -0.05) is 13.3 Å². The average Bonchev–Trinajstić information content (AvgIpc) is 2.35. The van der Waals surface area contributed by atoms with E-state index in [1.165, 1.54) is 7.05 Å². The van der Waals surface area contributed by atoms with E-state index in [2.05, 4.69) is 16.0 Å². The van der Waals surface area contributed by atoms with Gasteiger partial charge < -0.3 is 21.1 Å². The van der Waals surface area contributed by atoms with E-state index in [9.17, 15) is 14.4 Å². The second-order valence-corrected chi connectivity index (χ2v) is 5.37. The molecule has 1 atom stereocenters. The van der Waals surface area contributed by atoms with E-state index in [4.69, 9.17) is 5.11 Å². The molecule has 0 fully saturated rings. The van der Waals surface area contributed by atoms with Crippen LogP contribution in [0.25, 0.3) is 0 Å². The zero-order valence-corrected chi connectivity index (χ0v) is 12.6. The van der Waals surface area contributed by atoms with Gasteiger partial charge in [-0.05, 0) is 20.3 Å². The Bertz CT molecular complexity index is 356. The van der Waals surface area contributed by atoms with Crippen molar-refractivity contribution in [2.45, 2.75) is 46.1 Å². The van der Waals surface area contributed by atoms with Gasteiger partial charge in [0.2, 0.25) is 5.91 Å². The molecule has 0 saturated carbocycles. The number of carboxylic acids is 1. The molecule has 0 aromatic rings. The number of amides is 3. The fraction of sp³-hybridized carbons (Fsp3) is 0.769.